The molecule has 2 fully saturated rings. The molecule has 2 heterocycles. The van der Waals surface area contributed by atoms with E-state index in [9.17, 15) is 9.59 Å². The second kappa shape index (κ2) is 8.03. The predicted octanol–water partition coefficient (Wildman–Crippen LogP) is -0.849. The van der Waals surface area contributed by atoms with Crippen LogP contribution in [0.3, 0.4) is 0 Å². The lowest BCUT2D eigenvalue weighted by atomic mass is 10.2. The Hall–Kier alpha value is -1.14. The van der Waals surface area contributed by atoms with Gasteiger partial charge in [0.05, 0.1) is 25.3 Å². The summed E-state index contributed by atoms with van der Waals surface area (Å²) in [5.41, 5.74) is 0. The molecule has 2 rings (SSSR count). The first-order valence-electron chi connectivity index (χ1n) is 5.46. The Labute approximate surface area is 101 Å². The highest BCUT2D eigenvalue weighted by Crippen LogP contribution is 2.04. The smallest absolute Gasteiger partial charge is 0.220 e. The fourth-order valence-corrected chi connectivity index (χ4v) is 1.63. The van der Waals surface area contributed by atoms with Gasteiger partial charge in [-0.25, -0.2) is 0 Å². The fraction of sp³-hybridized carbons (Fsp3) is 0.818. The van der Waals surface area contributed by atoms with Crippen LogP contribution in [0.2, 0.25) is 0 Å². The van der Waals surface area contributed by atoms with Crippen LogP contribution in [0.1, 0.15) is 33.1 Å². The number of amides is 2. The molecule has 0 aromatic rings. The van der Waals surface area contributed by atoms with E-state index in [-0.39, 0.29) is 44.5 Å². The van der Waals surface area contributed by atoms with E-state index >= 15 is 0 Å². The number of aliphatic hydroxyl groups is 2. The lowest BCUT2D eigenvalue weighted by molar-refractivity contribution is -0.120. The molecule has 0 spiro atoms. The third-order valence-corrected chi connectivity index (χ3v) is 2.61. The number of hydrogen-bond acceptors (Lipinski definition) is 4. The van der Waals surface area contributed by atoms with Gasteiger partial charge in [0.2, 0.25) is 11.8 Å². The average Bonchev–Trinajstić information content (AvgIpc) is 2.88. The Morgan fingerprint density at radius 1 is 0.941 bits per heavy atom. The maximum Gasteiger partial charge on any atom is 0.220 e. The summed E-state index contributed by atoms with van der Waals surface area (Å²) >= 11 is 0. The summed E-state index contributed by atoms with van der Waals surface area (Å²) < 4.78 is 0. The Kier molecular flexibility index (Phi) is 7.49. The fourth-order valence-electron chi connectivity index (χ4n) is 1.63. The number of aliphatic hydroxyl groups excluding tert-OH is 2. The summed E-state index contributed by atoms with van der Waals surface area (Å²) in [6, 6.07) is 0.0602. The normalized spacial score (nSPS) is 26.5. The van der Waals surface area contributed by atoms with Crippen LogP contribution < -0.4 is 10.6 Å². The van der Waals surface area contributed by atoms with E-state index in [0.29, 0.717) is 12.8 Å². The standard InChI is InChI=1S/2C5H9NO2.CH4/c2*7-3-4-1-2-5(8)6-4;/h2*4,7H,1-3H2,(H,6,8);1H4/t2*4-;/m00./s1. The van der Waals surface area contributed by atoms with Crippen LogP contribution in [0.15, 0.2) is 0 Å². The summed E-state index contributed by atoms with van der Waals surface area (Å²) in [4.78, 5) is 20.8. The van der Waals surface area contributed by atoms with Gasteiger partial charge in [0.1, 0.15) is 0 Å². The molecule has 2 saturated heterocycles. The van der Waals surface area contributed by atoms with Gasteiger partial charge in [-0.2, -0.15) is 0 Å². The molecule has 0 aromatic heterocycles. The van der Waals surface area contributed by atoms with Crippen molar-refractivity contribution < 1.29 is 19.8 Å². The molecule has 2 amide bonds. The zero-order valence-electron chi connectivity index (χ0n) is 9.11. The van der Waals surface area contributed by atoms with Crippen molar-refractivity contribution in [2.45, 2.75) is 45.2 Å². The van der Waals surface area contributed by atoms with Crippen LogP contribution in [0, 0.1) is 0 Å². The number of hydrogen-bond donors (Lipinski definition) is 4. The molecular formula is C11H22N2O4. The number of carbonyl (C=O) groups excluding carboxylic acids is 2. The second-order valence-electron chi connectivity index (χ2n) is 3.97. The van der Waals surface area contributed by atoms with Crippen LogP contribution in [0.4, 0.5) is 0 Å². The number of carbonyl (C=O) groups is 2. The molecule has 0 aliphatic carbocycles. The zero-order valence-corrected chi connectivity index (χ0v) is 9.11. The molecule has 17 heavy (non-hydrogen) atoms. The van der Waals surface area contributed by atoms with Crippen LogP contribution in [0.5, 0.6) is 0 Å². The minimum absolute atomic E-state index is 0. The molecule has 0 aromatic carbocycles. The van der Waals surface area contributed by atoms with Gasteiger partial charge in [-0.1, -0.05) is 7.43 Å². The first kappa shape index (κ1) is 15.9. The lowest BCUT2D eigenvalue weighted by Gasteiger charge is -2.01. The van der Waals surface area contributed by atoms with E-state index in [1.807, 2.05) is 0 Å². The second-order valence-corrected chi connectivity index (χ2v) is 3.97. The molecule has 2 aliphatic rings. The molecule has 100 valence electrons. The Balaban J connectivity index is 0.000000284. The predicted molar refractivity (Wildman–Crippen MR) is 63.2 cm³/mol. The van der Waals surface area contributed by atoms with Crippen LogP contribution in [-0.4, -0.2) is 47.3 Å². The van der Waals surface area contributed by atoms with E-state index in [2.05, 4.69) is 10.6 Å². The van der Waals surface area contributed by atoms with Gasteiger partial charge in [0.15, 0.2) is 0 Å². The topological polar surface area (TPSA) is 98.7 Å². The minimum atomic E-state index is 0. The monoisotopic (exact) mass is 246 g/mol. The van der Waals surface area contributed by atoms with Gasteiger partial charge >= 0.3 is 0 Å². The van der Waals surface area contributed by atoms with Crippen molar-refractivity contribution in [3.63, 3.8) is 0 Å². The largest absolute Gasteiger partial charge is 0.394 e. The van der Waals surface area contributed by atoms with Crippen molar-refractivity contribution in [3.05, 3.63) is 0 Å². The van der Waals surface area contributed by atoms with Crippen molar-refractivity contribution in [1.29, 1.82) is 0 Å². The number of rotatable bonds is 2. The van der Waals surface area contributed by atoms with E-state index < -0.39 is 0 Å². The molecule has 0 unspecified atom stereocenters. The van der Waals surface area contributed by atoms with Gasteiger partial charge < -0.3 is 20.8 Å². The van der Waals surface area contributed by atoms with Gasteiger partial charge in [0.25, 0.3) is 0 Å². The molecule has 0 bridgehead atoms. The van der Waals surface area contributed by atoms with Crippen LogP contribution in [0.25, 0.3) is 0 Å². The molecule has 0 saturated carbocycles. The maximum absolute atomic E-state index is 10.4. The summed E-state index contributed by atoms with van der Waals surface area (Å²) in [6.07, 6.45) is 2.72. The summed E-state index contributed by atoms with van der Waals surface area (Å²) in [5, 5.41) is 22.2. The number of nitrogens with one attached hydrogen (secondary N) is 2. The molecule has 4 N–H and O–H groups in total. The molecule has 6 heteroatoms. The van der Waals surface area contributed by atoms with E-state index in [4.69, 9.17) is 10.2 Å². The third-order valence-electron chi connectivity index (χ3n) is 2.61. The van der Waals surface area contributed by atoms with Crippen molar-refractivity contribution in [1.82, 2.24) is 10.6 Å². The summed E-state index contributed by atoms with van der Waals surface area (Å²) in [7, 11) is 0. The van der Waals surface area contributed by atoms with Crippen molar-refractivity contribution in [2.24, 2.45) is 0 Å². The minimum Gasteiger partial charge on any atom is -0.394 e. The lowest BCUT2D eigenvalue weighted by Crippen LogP contribution is -2.28. The van der Waals surface area contributed by atoms with Crippen molar-refractivity contribution in [2.75, 3.05) is 13.2 Å². The molecular weight excluding hydrogens is 224 g/mol. The van der Waals surface area contributed by atoms with Crippen molar-refractivity contribution >= 4 is 11.8 Å². The highest BCUT2D eigenvalue weighted by molar-refractivity contribution is 5.78. The maximum atomic E-state index is 10.4. The third kappa shape index (κ3) is 5.65. The quantitative estimate of drug-likeness (QED) is 0.510. The summed E-state index contributed by atoms with van der Waals surface area (Å²) in [6.45, 7) is 0.150. The van der Waals surface area contributed by atoms with Crippen LogP contribution in [-0.2, 0) is 9.59 Å². The zero-order chi connectivity index (χ0) is 12.0. The van der Waals surface area contributed by atoms with Gasteiger partial charge in [0, 0.05) is 12.8 Å². The molecule has 2 aliphatic heterocycles. The Morgan fingerprint density at radius 2 is 1.29 bits per heavy atom. The SMILES string of the molecule is C.O=C1CC[C@@H](CO)N1.O=C1CC[C@@H](CO)N1. The van der Waals surface area contributed by atoms with Gasteiger partial charge in [-0.05, 0) is 12.8 Å². The highest BCUT2D eigenvalue weighted by Gasteiger charge is 2.19. The first-order chi connectivity index (χ1) is 7.65. The molecule has 0 radical (unpaired) electrons. The Bertz CT molecular complexity index is 232. The molecule has 2 atom stereocenters. The Morgan fingerprint density at radius 3 is 1.41 bits per heavy atom. The van der Waals surface area contributed by atoms with Crippen LogP contribution >= 0.6 is 0 Å². The first-order valence-corrected chi connectivity index (χ1v) is 5.46. The van der Waals surface area contributed by atoms with E-state index in [0.717, 1.165) is 12.8 Å². The van der Waals surface area contributed by atoms with E-state index in [1.165, 1.54) is 0 Å². The van der Waals surface area contributed by atoms with E-state index in [1.54, 1.807) is 0 Å². The van der Waals surface area contributed by atoms with Crippen molar-refractivity contribution in [3.8, 4) is 0 Å². The highest BCUT2D eigenvalue weighted by atomic mass is 16.3. The average molecular weight is 246 g/mol. The van der Waals surface area contributed by atoms with Gasteiger partial charge in [-0.15, -0.1) is 0 Å². The molecule has 6 nitrogen and oxygen atoms in total. The van der Waals surface area contributed by atoms with Gasteiger partial charge in [-0.3, -0.25) is 9.59 Å². The summed E-state index contributed by atoms with van der Waals surface area (Å²) in [5.74, 6) is 0.119.